The van der Waals surface area contributed by atoms with Crippen molar-refractivity contribution in [2.75, 3.05) is 5.75 Å². The maximum absolute atomic E-state index is 6.04. The van der Waals surface area contributed by atoms with Gasteiger partial charge in [0.1, 0.15) is 0 Å². The lowest BCUT2D eigenvalue weighted by Crippen LogP contribution is -2.13. The summed E-state index contributed by atoms with van der Waals surface area (Å²) in [7, 11) is 0. The zero-order chi connectivity index (χ0) is 12.8. The Balaban J connectivity index is 1.98. The number of rotatable bonds is 6. The molecule has 0 radical (unpaired) electrons. The highest BCUT2D eigenvalue weighted by Gasteiger charge is 2.14. The van der Waals surface area contributed by atoms with Gasteiger partial charge in [0.05, 0.1) is 6.04 Å². The van der Waals surface area contributed by atoms with Crippen LogP contribution in [0.15, 0.2) is 52.6 Å². The average molecular weight is 261 g/mol. The fourth-order valence-electron chi connectivity index (χ4n) is 1.51. The Morgan fingerprint density at radius 3 is 2.83 bits per heavy atom. The van der Waals surface area contributed by atoms with E-state index >= 15 is 0 Å². The molecule has 0 aliphatic heterocycles. The normalized spacial score (nSPS) is 12.3. The van der Waals surface area contributed by atoms with Crippen LogP contribution in [0.2, 0.25) is 0 Å². The fraction of sp³-hybridized carbons (Fsp3) is 0.231. The van der Waals surface area contributed by atoms with E-state index in [0.717, 1.165) is 11.3 Å². The van der Waals surface area contributed by atoms with Crippen LogP contribution in [0.3, 0.4) is 0 Å². The molecule has 4 nitrogen and oxygen atoms in total. The number of aromatic nitrogens is 2. The molecule has 18 heavy (non-hydrogen) atoms. The molecular formula is C13H15N3OS. The summed E-state index contributed by atoms with van der Waals surface area (Å²) in [5.41, 5.74) is 7.20. The van der Waals surface area contributed by atoms with Crippen LogP contribution in [0.1, 0.15) is 17.5 Å². The molecule has 2 N–H and O–H groups in total. The van der Waals surface area contributed by atoms with E-state index in [2.05, 4.69) is 16.8 Å². The summed E-state index contributed by atoms with van der Waals surface area (Å²) < 4.78 is 5.49. The third kappa shape index (κ3) is 3.45. The Hall–Kier alpha value is -1.59. The van der Waals surface area contributed by atoms with Gasteiger partial charge in [0.2, 0.25) is 5.89 Å². The van der Waals surface area contributed by atoms with Crippen molar-refractivity contribution in [1.82, 2.24) is 10.2 Å². The highest BCUT2D eigenvalue weighted by molar-refractivity contribution is 7.99. The molecule has 1 unspecified atom stereocenters. The van der Waals surface area contributed by atoms with E-state index < -0.39 is 0 Å². The van der Waals surface area contributed by atoms with Crippen molar-refractivity contribution in [1.29, 1.82) is 0 Å². The summed E-state index contributed by atoms with van der Waals surface area (Å²) in [5, 5.41) is 8.44. The third-order valence-electron chi connectivity index (χ3n) is 2.36. The van der Waals surface area contributed by atoms with Gasteiger partial charge in [-0.15, -0.1) is 16.8 Å². The van der Waals surface area contributed by atoms with Crippen LogP contribution in [-0.4, -0.2) is 16.0 Å². The van der Waals surface area contributed by atoms with Crippen molar-refractivity contribution in [3.05, 3.63) is 54.4 Å². The summed E-state index contributed by atoms with van der Waals surface area (Å²) in [6.45, 7) is 3.64. The second-order valence-corrected chi connectivity index (χ2v) is 4.77. The molecule has 2 rings (SSSR count). The van der Waals surface area contributed by atoms with Gasteiger partial charge in [-0.2, -0.15) is 0 Å². The monoisotopic (exact) mass is 261 g/mol. The van der Waals surface area contributed by atoms with Crippen molar-refractivity contribution in [2.24, 2.45) is 5.73 Å². The van der Waals surface area contributed by atoms with Crippen molar-refractivity contribution >= 4 is 11.8 Å². The Bertz CT molecular complexity index is 498. The molecular weight excluding hydrogens is 246 g/mol. The molecule has 0 fully saturated rings. The van der Waals surface area contributed by atoms with Crippen LogP contribution in [0.5, 0.6) is 0 Å². The lowest BCUT2D eigenvalue weighted by molar-refractivity contribution is 0.385. The van der Waals surface area contributed by atoms with Crippen LogP contribution in [0.25, 0.3) is 0 Å². The minimum atomic E-state index is -0.266. The Labute approximate surface area is 110 Å². The van der Waals surface area contributed by atoms with Crippen LogP contribution < -0.4 is 5.73 Å². The number of hydrogen-bond acceptors (Lipinski definition) is 5. The molecule has 1 aromatic heterocycles. The summed E-state index contributed by atoms with van der Waals surface area (Å²) in [6, 6.07) is 9.75. The molecule has 1 atom stereocenters. The first-order valence-corrected chi connectivity index (χ1v) is 6.64. The second-order valence-electron chi connectivity index (χ2n) is 3.80. The largest absolute Gasteiger partial charge is 0.414 e. The maximum atomic E-state index is 6.04. The highest BCUT2D eigenvalue weighted by Crippen LogP contribution is 2.20. The van der Waals surface area contributed by atoms with Crippen LogP contribution in [0, 0.1) is 0 Å². The summed E-state index contributed by atoms with van der Waals surface area (Å²) in [5.74, 6) is 1.22. The van der Waals surface area contributed by atoms with E-state index in [1.807, 2.05) is 30.3 Å². The lowest BCUT2D eigenvalue weighted by atomic mass is 10.1. The Kier molecular flexibility index (Phi) is 4.55. The quantitative estimate of drug-likeness (QED) is 0.639. The van der Waals surface area contributed by atoms with Crippen molar-refractivity contribution in [3.8, 4) is 0 Å². The third-order valence-corrected chi connectivity index (χ3v) is 3.18. The molecule has 1 heterocycles. The molecule has 0 aliphatic rings. The standard InChI is InChI=1S/C13H15N3OS/c1-2-8-18-13-16-15-12(17-13)11(14)9-10-6-4-3-5-7-10/h2-7,11H,1,8-9,14H2. The second kappa shape index (κ2) is 6.37. The molecule has 0 saturated carbocycles. The predicted octanol–water partition coefficient (Wildman–Crippen LogP) is 2.59. The van der Waals surface area contributed by atoms with E-state index in [0.29, 0.717) is 17.5 Å². The van der Waals surface area contributed by atoms with E-state index in [4.69, 9.17) is 10.2 Å². The molecule has 1 aromatic carbocycles. The molecule has 0 amide bonds. The molecule has 0 spiro atoms. The van der Waals surface area contributed by atoms with E-state index in [1.165, 1.54) is 11.8 Å². The number of nitrogens with zero attached hydrogens (tertiary/aromatic N) is 2. The van der Waals surface area contributed by atoms with Gasteiger partial charge in [-0.3, -0.25) is 0 Å². The first-order valence-electron chi connectivity index (χ1n) is 5.66. The van der Waals surface area contributed by atoms with Gasteiger partial charge in [0, 0.05) is 5.75 Å². The van der Waals surface area contributed by atoms with E-state index in [1.54, 1.807) is 6.08 Å². The molecule has 94 valence electrons. The SMILES string of the molecule is C=CCSc1nnc(C(N)Cc2ccccc2)o1. The average Bonchev–Trinajstić information content (AvgIpc) is 2.86. The fourth-order valence-corrected chi connectivity index (χ4v) is 2.02. The number of thioether (sulfide) groups is 1. The smallest absolute Gasteiger partial charge is 0.276 e. The minimum absolute atomic E-state index is 0.266. The van der Waals surface area contributed by atoms with Crippen molar-refractivity contribution in [3.63, 3.8) is 0 Å². The van der Waals surface area contributed by atoms with E-state index in [9.17, 15) is 0 Å². The van der Waals surface area contributed by atoms with E-state index in [-0.39, 0.29) is 6.04 Å². The number of hydrogen-bond donors (Lipinski definition) is 1. The number of nitrogens with two attached hydrogens (primary N) is 1. The highest BCUT2D eigenvalue weighted by atomic mass is 32.2. The van der Waals surface area contributed by atoms with Gasteiger partial charge >= 0.3 is 0 Å². The molecule has 0 aliphatic carbocycles. The van der Waals surface area contributed by atoms with Crippen LogP contribution >= 0.6 is 11.8 Å². The minimum Gasteiger partial charge on any atom is -0.414 e. The maximum Gasteiger partial charge on any atom is 0.276 e. The molecule has 2 aromatic rings. The van der Waals surface area contributed by atoms with Gasteiger partial charge in [-0.1, -0.05) is 48.2 Å². The predicted molar refractivity (Wildman–Crippen MR) is 72.3 cm³/mol. The molecule has 0 bridgehead atoms. The van der Waals surface area contributed by atoms with Gasteiger partial charge in [-0.05, 0) is 12.0 Å². The first-order chi connectivity index (χ1) is 8.79. The van der Waals surface area contributed by atoms with Gasteiger partial charge in [-0.25, -0.2) is 0 Å². The zero-order valence-corrected chi connectivity index (χ0v) is 10.8. The molecule has 0 saturated heterocycles. The summed E-state index contributed by atoms with van der Waals surface area (Å²) >= 11 is 1.45. The van der Waals surface area contributed by atoms with Crippen molar-refractivity contribution < 1.29 is 4.42 Å². The van der Waals surface area contributed by atoms with Gasteiger partial charge in [0.25, 0.3) is 5.22 Å². The Morgan fingerprint density at radius 1 is 1.33 bits per heavy atom. The van der Waals surface area contributed by atoms with Crippen molar-refractivity contribution in [2.45, 2.75) is 17.7 Å². The summed E-state index contributed by atoms with van der Waals surface area (Å²) in [4.78, 5) is 0. The first kappa shape index (κ1) is 12.9. The van der Waals surface area contributed by atoms with Crippen LogP contribution in [0.4, 0.5) is 0 Å². The Morgan fingerprint density at radius 2 is 2.11 bits per heavy atom. The summed E-state index contributed by atoms with van der Waals surface area (Å²) in [6.07, 6.45) is 2.48. The lowest BCUT2D eigenvalue weighted by Gasteiger charge is -2.06. The van der Waals surface area contributed by atoms with Gasteiger partial charge < -0.3 is 10.2 Å². The molecule has 5 heteroatoms. The van der Waals surface area contributed by atoms with Crippen LogP contribution in [-0.2, 0) is 6.42 Å². The zero-order valence-electron chi connectivity index (χ0n) is 9.95. The van der Waals surface area contributed by atoms with Gasteiger partial charge in [0.15, 0.2) is 0 Å². The number of benzene rings is 1. The topological polar surface area (TPSA) is 64.9 Å².